The second-order valence-electron chi connectivity index (χ2n) is 5.36. The first kappa shape index (κ1) is 14.3. The monoisotopic (exact) mass is 277 g/mol. The van der Waals surface area contributed by atoms with E-state index < -0.39 is 10.8 Å². The molecule has 1 aliphatic carbocycles. The standard InChI is InChI=1S/C14H19N3O3/c1-9-4-2-3-5-12(9)16-13-7-6-10(17(19)20)8-11(13)14(15)18/h6-9,12,16H,2-5H2,1H3,(H2,15,18)/t9-,12-/m1/s1. The molecule has 0 unspecified atom stereocenters. The average Bonchev–Trinajstić information content (AvgIpc) is 2.41. The van der Waals surface area contributed by atoms with Gasteiger partial charge in [0.2, 0.25) is 0 Å². The van der Waals surface area contributed by atoms with Crippen molar-refractivity contribution in [3.05, 3.63) is 33.9 Å². The Balaban J connectivity index is 2.26. The number of carbonyl (C=O) groups is 1. The molecule has 6 nitrogen and oxygen atoms in total. The number of hydrogen-bond donors (Lipinski definition) is 2. The maximum absolute atomic E-state index is 11.5. The number of nitro benzene ring substituents is 1. The van der Waals surface area contributed by atoms with Gasteiger partial charge in [-0.3, -0.25) is 14.9 Å². The predicted molar refractivity (Wildman–Crippen MR) is 76.7 cm³/mol. The summed E-state index contributed by atoms with van der Waals surface area (Å²) in [5.74, 6) is -0.140. The van der Waals surface area contributed by atoms with Gasteiger partial charge in [-0.05, 0) is 24.8 Å². The molecule has 1 aromatic carbocycles. The van der Waals surface area contributed by atoms with Crippen LogP contribution in [0.1, 0.15) is 43.0 Å². The summed E-state index contributed by atoms with van der Waals surface area (Å²) >= 11 is 0. The highest BCUT2D eigenvalue weighted by atomic mass is 16.6. The van der Waals surface area contributed by atoms with Crippen molar-refractivity contribution < 1.29 is 9.72 Å². The van der Waals surface area contributed by atoms with Gasteiger partial charge in [-0.1, -0.05) is 19.8 Å². The van der Waals surface area contributed by atoms with Crippen molar-refractivity contribution >= 4 is 17.3 Å². The Morgan fingerprint density at radius 2 is 2.10 bits per heavy atom. The van der Waals surface area contributed by atoms with Crippen LogP contribution in [0.4, 0.5) is 11.4 Å². The highest BCUT2D eigenvalue weighted by Gasteiger charge is 2.23. The second kappa shape index (κ2) is 5.90. The molecule has 1 aliphatic rings. The zero-order valence-corrected chi connectivity index (χ0v) is 11.5. The Kier molecular flexibility index (Phi) is 4.22. The van der Waals surface area contributed by atoms with Crippen molar-refractivity contribution in [3.63, 3.8) is 0 Å². The van der Waals surface area contributed by atoms with E-state index in [9.17, 15) is 14.9 Å². The van der Waals surface area contributed by atoms with Crippen molar-refractivity contribution in [2.24, 2.45) is 11.7 Å². The number of carbonyl (C=O) groups excluding carboxylic acids is 1. The number of nitrogens with zero attached hydrogens (tertiary/aromatic N) is 1. The minimum absolute atomic E-state index is 0.124. The van der Waals surface area contributed by atoms with E-state index in [4.69, 9.17) is 5.73 Å². The lowest BCUT2D eigenvalue weighted by Gasteiger charge is -2.30. The molecular formula is C14H19N3O3. The first-order valence-corrected chi connectivity index (χ1v) is 6.84. The van der Waals surface area contributed by atoms with Crippen molar-refractivity contribution in [1.82, 2.24) is 0 Å². The summed E-state index contributed by atoms with van der Waals surface area (Å²) in [6.45, 7) is 2.17. The minimum atomic E-state index is -0.653. The lowest BCUT2D eigenvalue weighted by molar-refractivity contribution is -0.384. The molecule has 20 heavy (non-hydrogen) atoms. The molecule has 108 valence electrons. The van der Waals surface area contributed by atoms with E-state index in [0.29, 0.717) is 11.6 Å². The first-order chi connectivity index (χ1) is 9.49. The number of nitrogens with two attached hydrogens (primary N) is 1. The topological polar surface area (TPSA) is 98.3 Å². The third kappa shape index (κ3) is 3.07. The molecule has 2 atom stereocenters. The molecule has 3 N–H and O–H groups in total. The Bertz CT molecular complexity index is 530. The number of non-ortho nitro benzene ring substituents is 1. The lowest BCUT2D eigenvalue weighted by Crippen LogP contribution is -2.31. The highest BCUT2D eigenvalue weighted by molar-refractivity contribution is 5.99. The van der Waals surface area contributed by atoms with Crippen molar-refractivity contribution in [2.45, 2.75) is 38.6 Å². The number of benzene rings is 1. The summed E-state index contributed by atoms with van der Waals surface area (Å²) in [7, 11) is 0. The van der Waals surface area contributed by atoms with Gasteiger partial charge in [-0.25, -0.2) is 0 Å². The summed E-state index contributed by atoms with van der Waals surface area (Å²) < 4.78 is 0. The molecule has 1 saturated carbocycles. The van der Waals surface area contributed by atoms with Gasteiger partial charge < -0.3 is 11.1 Å². The van der Waals surface area contributed by atoms with E-state index in [-0.39, 0.29) is 17.3 Å². The minimum Gasteiger partial charge on any atom is -0.381 e. The summed E-state index contributed by atoms with van der Waals surface area (Å²) in [4.78, 5) is 21.7. The number of anilines is 1. The van der Waals surface area contributed by atoms with Crippen LogP contribution in [0.5, 0.6) is 0 Å². The van der Waals surface area contributed by atoms with E-state index in [0.717, 1.165) is 19.3 Å². The molecule has 1 amide bonds. The van der Waals surface area contributed by atoms with E-state index in [2.05, 4.69) is 12.2 Å². The molecule has 2 rings (SSSR count). The van der Waals surface area contributed by atoms with Crippen LogP contribution in [-0.2, 0) is 0 Å². The number of rotatable bonds is 4. The molecule has 0 saturated heterocycles. The molecule has 0 bridgehead atoms. The fourth-order valence-electron chi connectivity index (χ4n) is 2.71. The largest absolute Gasteiger partial charge is 0.381 e. The molecule has 0 spiro atoms. The van der Waals surface area contributed by atoms with Gasteiger partial charge >= 0.3 is 0 Å². The Morgan fingerprint density at radius 3 is 2.70 bits per heavy atom. The molecule has 0 radical (unpaired) electrons. The number of nitrogens with one attached hydrogen (secondary N) is 1. The van der Waals surface area contributed by atoms with Gasteiger partial charge in [-0.2, -0.15) is 0 Å². The summed E-state index contributed by atoms with van der Waals surface area (Å²) in [6, 6.07) is 4.48. The van der Waals surface area contributed by atoms with E-state index in [1.165, 1.54) is 18.6 Å². The molecular weight excluding hydrogens is 258 g/mol. The number of hydrogen-bond acceptors (Lipinski definition) is 4. The van der Waals surface area contributed by atoms with Crippen LogP contribution in [0, 0.1) is 16.0 Å². The highest BCUT2D eigenvalue weighted by Crippen LogP contribution is 2.29. The van der Waals surface area contributed by atoms with Gasteiger partial charge in [0.25, 0.3) is 11.6 Å². The average molecular weight is 277 g/mol. The van der Waals surface area contributed by atoms with Crippen molar-refractivity contribution in [3.8, 4) is 0 Å². The molecule has 1 fully saturated rings. The fourth-order valence-corrected chi connectivity index (χ4v) is 2.71. The van der Waals surface area contributed by atoms with Gasteiger partial charge in [0.15, 0.2) is 0 Å². The number of primary amides is 1. The van der Waals surface area contributed by atoms with Gasteiger partial charge in [0.05, 0.1) is 10.5 Å². The van der Waals surface area contributed by atoms with Crippen molar-refractivity contribution in [2.75, 3.05) is 5.32 Å². The van der Waals surface area contributed by atoms with E-state index in [1.54, 1.807) is 6.07 Å². The first-order valence-electron chi connectivity index (χ1n) is 6.84. The van der Waals surface area contributed by atoms with Gasteiger partial charge in [-0.15, -0.1) is 0 Å². The van der Waals surface area contributed by atoms with Gasteiger partial charge in [0.1, 0.15) is 0 Å². The zero-order chi connectivity index (χ0) is 14.7. The van der Waals surface area contributed by atoms with Crippen LogP contribution in [0.25, 0.3) is 0 Å². The smallest absolute Gasteiger partial charge is 0.270 e. The maximum Gasteiger partial charge on any atom is 0.270 e. The van der Waals surface area contributed by atoms with Crippen LogP contribution in [0.2, 0.25) is 0 Å². The summed E-state index contributed by atoms with van der Waals surface area (Å²) in [5, 5.41) is 14.1. The molecule has 1 aromatic rings. The third-order valence-electron chi connectivity index (χ3n) is 3.93. The normalized spacial score (nSPS) is 22.2. The summed E-state index contributed by atoms with van der Waals surface area (Å²) in [5.41, 5.74) is 5.96. The summed E-state index contributed by atoms with van der Waals surface area (Å²) in [6.07, 6.45) is 4.57. The van der Waals surface area contributed by atoms with Crippen molar-refractivity contribution in [1.29, 1.82) is 0 Å². The second-order valence-corrected chi connectivity index (χ2v) is 5.36. The maximum atomic E-state index is 11.5. The van der Waals surface area contributed by atoms with Crippen LogP contribution < -0.4 is 11.1 Å². The quantitative estimate of drug-likeness (QED) is 0.653. The number of amides is 1. The van der Waals surface area contributed by atoms with Crippen LogP contribution in [-0.4, -0.2) is 16.9 Å². The van der Waals surface area contributed by atoms with Crippen LogP contribution in [0.15, 0.2) is 18.2 Å². The van der Waals surface area contributed by atoms with E-state index in [1.807, 2.05) is 0 Å². The molecule has 0 aromatic heterocycles. The van der Waals surface area contributed by atoms with E-state index >= 15 is 0 Å². The third-order valence-corrected chi connectivity index (χ3v) is 3.93. The van der Waals surface area contributed by atoms with Gasteiger partial charge in [0, 0.05) is 23.9 Å². The Morgan fingerprint density at radius 1 is 1.40 bits per heavy atom. The van der Waals surface area contributed by atoms with Crippen LogP contribution in [0.3, 0.4) is 0 Å². The Hall–Kier alpha value is -2.11. The predicted octanol–water partition coefficient (Wildman–Crippen LogP) is 2.68. The number of nitro groups is 1. The molecule has 6 heteroatoms. The molecule has 0 heterocycles. The SMILES string of the molecule is C[C@@H]1CCCC[C@H]1Nc1ccc([N+](=O)[O-])cc1C(N)=O. The fraction of sp³-hybridized carbons (Fsp3) is 0.500. The molecule has 0 aliphatic heterocycles. The van der Waals surface area contributed by atoms with Crippen LogP contribution >= 0.6 is 0 Å². The zero-order valence-electron chi connectivity index (χ0n) is 11.5. The lowest BCUT2D eigenvalue weighted by atomic mass is 9.85. The Labute approximate surface area is 117 Å².